The zero-order valence-electron chi connectivity index (χ0n) is 18.7. The molecule has 10 nitrogen and oxygen atoms in total. The molecular weight excluding hydrogens is 444 g/mol. The summed E-state index contributed by atoms with van der Waals surface area (Å²) in [5.74, 6) is 0.527. The number of amides is 3. The van der Waals surface area contributed by atoms with Crippen molar-refractivity contribution in [2.24, 2.45) is 7.05 Å². The normalized spacial score (nSPS) is 14.2. The first-order valence-electron chi connectivity index (χ1n) is 10.5. The largest absolute Gasteiger partial charge is 0.336 e. The van der Waals surface area contributed by atoms with Crippen molar-refractivity contribution in [2.75, 3.05) is 37.4 Å². The van der Waals surface area contributed by atoms with Crippen LogP contribution in [-0.2, 0) is 28.3 Å². The van der Waals surface area contributed by atoms with Crippen molar-refractivity contribution in [3.8, 4) is 0 Å². The van der Waals surface area contributed by atoms with Gasteiger partial charge < -0.3 is 15.2 Å². The highest BCUT2D eigenvalue weighted by molar-refractivity contribution is 7.89. The van der Waals surface area contributed by atoms with Crippen LogP contribution in [0.4, 0.5) is 16.2 Å². The number of aromatic nitrogens is 2. The van der Waals surface area contributed by atoms with Crippen molar-refractivity contribution in [1.82, 2.24) is 19.2 Å². The Kier molecular flexibility index (Phi) is 6.09. The molecule has 1 fully saturated rings. The second-order valence-corrected chi connectivity index (χ2v) is 10.2. The number of hydrogen-bond acceptors (Lipinski definition) is 5. The molecule has 2 aromatic carbocycles. The van der Waals surface area contributed by atoms with Crippen molar-refractivity contribution in [3.63, 3.8) is 0 Å². The van der Waals surface area contributed by atoms with Crippen molar-refractivity contribution in [1.29, 1.82) is 0 Å². The van der Waals surface area contributed by atoms with Crippen LogP contribution >= 0.6 is 0 Å². The van der Waals surface area contributed by atoms with E-state index in [2.05, 4.69) is 15.6 Å². The van der Waals surface area contributed by atoms with Crippen molar-refractivity contribution in [2.45, 2.75) is 17.7 Å². The summed E-state index contributed by atoms with van der Waals surface area (Å²) in [5.41, 5.74) is 2.78. The summed E-state index contributed by atoms with van der Waals surface area (Å²) >= 11 is 0. The minimum atomic E-state index is -3.55. The van der Waals surface area contributed by atoms with E-state index in [1.54, 1.807) is 47.4 Å². The second kappa shape index (κ2) is 8.83. The Morgan fingerprint density at radius 3 is 2.55 bits per heavy atom. The molecule has 33 heavy (non-hydrogen) atoms. The van der Waals surface area contributed by atoms with Gasteiger partial charge in [-0.2, -0.15) is 0 Å². The van der Waals surface area contributed by atoms with Crippen LogP contribution in [0.3, 0.4) is 0 Å². The number of nitrogens with zero attached hydrogens (tertiary/aromatic N) is 4. The van der Waals surface area contributed by atoms with Gasteiger partial charge in [-0.25, -0.2) is 22.5 Å². The van der Waals surface area contributed by atoms with E-state index < -0.39 is 10.0 Å². The maximum absolute atomic E-state index is 12.5. The fourth-order valence-electron chi connectivity index (χ4n) is 3.72. The molecule has 2 heterocycles. The molecule has 174 valence electrons. The van der Waals surface area contributed by atoms with Gasteiger partial charge in [0, 0.05) is 58.4 Å². The zero-order chi connectivity index (χ0) is 23.8. The molecule has 3 amide bonds. The van der Waals surface area contributed by atoms with Crippen LogP contribution in [0.5, 0.6) is 0 Å². The average molecular weight is 471 g/mol. The second-order valence-electron chi connectivity index (χ2n) is 8.00. The Labute approximate surface area is 192 Å². The monoisotopic (exact) mass is 470 g/mol. The molecule has 1 aromatic heterocycles. The standard InChI is InChI=1S/C22H26N6O4S/c1-26(2)33(31,32)17-8-9-19-18(14-17)25-20(27(19)3)10-11-21(29)24-15-4-6-16(7-5-15)28-13-12-23-22(28)30/h4-9,14H,10-13H2,1-3H3,(H,23,30)(H,24,29). The number of sulfonamides is 1. The van der Waals surface area contributed by atoms with Crippen LogP contribution in [0.1, 0.15) is 12.2 Å². The Hall–Kier alpha value is -3.44. The predicted molar refractivity (Wildman–Crippen MR) is 126 cm³/mol. The quantitative estimate of drug-likeness (QED) is 0.547. The van der Waals surface area contributed by atoms with Crippen molar-refractivity contribution >= 4 is 44.4 Å². The predicted octanol–water partition coefficient (Wildman–Crippen LogP) is 1.92. The average Bonchev–Trinajstić information content (AvgIpc) is 3.35. The molecule has 11 heteroatoms. The van der Waals surface area contributed by atoms with E-state index in [-0.39, 0.29) is 23.3 Å². The molecule has 0 unspecified atom stereocenters. The lowest BCUT2D eigenvalue weighted by molar-refractivity contribution is -0.116. The van der Waals surface area contributed by atoms with Gasteiger partial charge in [-0.15, -0.1) is 0 Å². The lowest BCUT2D eigenvalue weighted by Crippen LogP contribution is -2.27. The molecule has 0 bridgehead atoms. The van der Waals surface area contributed by atoms with Gasteiger partial charge in [-0.1, -0.05) is 0 Å². The SMILES string of the molecule is CN(C)S(=O)(=O)c1ccc2c(c1)nc(CCC(=O)Nc1ccc(N3CCNC3=O)cc1)n2C. The number of carbonyl (C=O) groups is 2. The van der Waals surface area contributed by atoms with E-state index in [0.717, 1.165) is 15.5 Å². The first kappa shape index (κ1) is 22.7. The summed E-state index contributed by atoms with van der Waals surface area (Å²) in [6, 6.07) is 11.8. The highest BCUT2D eigenvalue weighted by Crippen LogP contribution is 2.23. The highest BCUT2D eigenvalue weighted by atomic mass is 32.2. The third-order valence-electron chi connectivity index (χ3n) is 5.62. The van der Waals surface area contributed by atoms with Gasteiger partial charge in [-0.05, 0) is 42.5 Å². The number of nitrogens with one attached hydrogen (secondary N) is 2. The van der Waals surface area contributed by atoms with Crippen LogP contribution in [0.15, 0.2) is 47.4 Å². The van der Waals surface area contributed by atoms with E-state index in [1.165, 1.54) is 14.1 Å². The fourth-order valence-corrected chi connectivity index (χ4v) is 4.64. The Balaban J connectivity index is 1.41. The number of urea groups is 1. The van der Waals surface area contributed by atoms with Gasteiger partial charge in [0.25, 0.3) is 0 Å². The molecule has 0 radical (unpaired) electrons. The molecule has 2 N–H and O–H groups in total. The maximum Gasteiger partial charge on any atom is 0.321 e. The van der Waals surface area contributed by atoms with Gasteiger partial charge >= 0.3 is 6.03 Å². The molecule has 0 saturated carbocycles. The van der Waals surface area contributed by atoms with Gasteiger partial charge in [0.1, 0.15) is 5.82 Å². The van der Waals surface area contributed by atoms with Gasteiger partial charge in [0.05, 0.1) is 15.9 Å². The zero-order valence-corrected chi connectivity index (χ0v) is 19.5. The lowest BCUT2D eigenvalue weighted by Gasteiger charge is -2.14. The molecule has 4 rings (SSSR count). The van der Waals surface area contributed by atoms with E-state index in [0.29, 0.717) is 36.5 Å². The number of imidazole rings is 1. The van der Waals surface area contributed by atoms with Crippen LogP contribution in [0.25, 0.3) is 11.0 Å². The molecule has 0 atom stereocenters. The summed E-state index contributed by atoms with van der Waals surface area (Å²) in [5, 5.41) is 5.61. The number of carbonyl (C=O) groups excluding carboxylic acids is 2. The summed E-state index contributed by atoms with van der Waals surface area (Å²) in [7, 11) is 1.26. The van der Waals surface area contributed by atoms with E-state index in [4.69, 9.17) is 0 Å². The molecule has 0 spiro atoms. The minimum absolute atomic E-state index is 0.124. The maximum atomic E-state index is 12.5. The highest BCUT2D eigenvalue weighted by Gasteiger charge is 2.21. The number of anilines is 2. The summed E-state index contributed by atoms with van der Waals surface area (Å²) in [4.78, 5) is 30.6. The van der Waals surface area contributed by atoms with Crippen LogP contribution in [-0.4, -0.2) is 61.4 Å². The molecular formula is C22H26N6O4S. The number of aryl methyl sites for hydroxylation is 2. The number of fused-ring (bicyclic) bond motifs is 1. The first-order valence-corrected chi connectivity index (χ1v) is 11.9. The van der Waals surface area contributed by atoms with E-state index >= 15 is 0 Å². The number of hydrogen-bond donors (Lipinski definition) is 2. The molecule has 1 saturated heterocycles. The Morgan fingerprint density at radius 1 is 1.18 bits per heavy atom. The lowest BCUT2D eigenvalue weighted by atomic mass is 10.2. The van der Waals surface area contributed by atoms with Crippen LogP contribution in [0.2, 0.25) is 0 Å². The van der Waals surface area contributed by atoms with Gasteiger partial charge in [0.2, 0.25) is 15.9 Å². The first-order chi connectivity index (χ1) is 15.7. The van der Waals surface area contributed by atoms with Gasteiger partial charge in [-0.3, -0.25) is 9.69 Å². The Morgan fingerprint density at radius 2 is 1.91 bits per heavy atom. The topological polar surface area (TPSA) is 117 Å². The Bertz CT molecular complexity index is 1310. The third kappa shape index (κ3) is 4.55. The van der Waals surface area contributed by atoms with Crippen molar-refractivity contribution in [3.05, 3.63) is 48.3 Å². The van der Waals surface area contributed by atoms with Crippen LogP contribution in [0, 0.1) is 0 Å². The number of benzene rings is 2. The summed E-state index contributed by atoms with van der Waals surface area (Å²) < 4.78 is 27.8. The molecule has 1 aliphatic heterocycles. The third-order valence-corrected chi connectivity index (χ3v) is 7.43. The van der Waals surface area contributed by atoms with Crippen LogP contribution < -0.4 is 15.5 Å². The molecule has 1 aliphatic rings. The van der Waals surface area contributed by atoms with Crippen molar-refractivity contribution < 1.29 is 18.0 Å². The minimum Gasteiger partial charge on any atom is -0.336 e. The fraction of sp³-hybridized carbons (Fsp3) is 0.318. The summed E-state index contributed by atoms with van der Waals surface area (Å²) in [6.07, 6.45) is 0.620. The van der Waals surface area contributed by atoms with Gasteiger partial charge in [0.15, 0.2) is 0 Å². The molecule has 3 aromatic rings. The smallest absolute Gasteiger partial charge is 0.321 e. The summed E-state index contributed by atoms with van der Waals surface area (Å²) in [6.45, 7) is 1.23. The number of rotatable bonds is 7. The van der Waals surface area contributed by atoms with E-state index in [1.807, 2.05) is 11.6 Å². The molecule has 0 aliphatic carbocycles. The van der Waals surface area contributed by atoms with E-state index in [9.17, 15) is 18.0 Å².